The van der Waals surface area contributed by atoms with Crippen LogP contribution in [-0.4, -0.2) is 35.1 Å². The van der Waals surface area contributed by atoms with Crippen molar-refractivity contribution in [2.45, 2.75) is 0 Å². The molecule has 61 valence electrons. The van der Waals surface area contributed by atoms with Gasteiger partial charge in [0, 0.05) is 0 Å². The summed E-state index contributed by atoms with van der Waals surface area (Å²) < 4.78 is 0. The molecule has 3 nitrogen and oxygen atoms in total. The first-order valence-corrected chi connectivity index (χ1v) is 2.45. The Balaban J connectivity index is -0.0000000257. The second kappa shape index (κ2) is 54.9. The van der Waals surface area contributed by atoms with Gasteiger partial charge in [0.2, 0.25) is 0 Å². The number of aliphatic hydroxyl groups is 3. The summed E-state index contributed by atoms with van der Waals surface area (Å²) in [5, 5.41) is 22.4. The predicted molar refractivity (Wildman–Crippen MR) is 37.3 cm³/mol. The molecule has 0 aliphatic rings. The van der Waals surface area contributed by atoms with Gasteiger partial charge in [-0.05, 0) is 0 Å². The zero-order valence-corrected chi connectivity index (χ0v) is 7.65. The maximum atomic E-state index is 7.46. The summed E-state index contributed by atoms with van der Waals surface area (Å²) in [7, 11) is 0. The Morgan fingerprint density at radius 1 is 0.700 bits per heavy atom. The Labute approximate surface area is 78.0 Å². The summed E-state index contributed by atoms with van der Waals surface area (Å²) in [5.74, 6) is 0. The van der Waals surface area contributed by atoms with Crippen LogP contribution in [0.4, 0.5) is 0 Å². The van der Waals surface area contributed by atoms with Crippen molar-refractivity contribution in [1.29, 1.82) is 0 Å². The van der Waals surface area contributed by atoms with E-state index in [1.807, 2.05) is 0 Å². The molecule has 0 aromatic carbocycles. The minimum Gasteiger partial charge on any atom is -0.428 e. The molecule has 0 aromatic heterocycles. The van der Waals surface area contributed by atoms with E-state index in [1.54, 1.807) is 0 Å². The summed E-state index contributed by atoms with van der Waals surface area (Å²) in [6.07, 6.45) is 0. The van der Waals surface area contributed by atoms with Gasteiger partial charge in [-0.2, -0.15) is 0 Å². The molecule has 0 fully saturated rings. The number of hydrogen-bond acceptors (Lipinski definition) is 3. The standard InChI is InChI=1S/3C2H5O.Ti/c3*1-2-3;/h3*3H,1-2H2;/q3*-1;+3. The molecule has 1 radical (unpaired) electrons. The molecule has 0 unspecified atom stereocenters. The summed E-state index contributed by atoms with van der Waals surface area (Å²) in [4.78, 5) is 0. The molecule has 10 heavy (non-hydrogen) atoms. The van der Waals surface area contributed by atoms with Crippen LogP contribution in [0.2, 0.25) is 0 Å². The molecular weight excluding hydrogens is 168 g/mol. The third-order valence-electron chi connectivity index (χ3n) is 0. The van der Waals surface area contributed by atoms with Gasteiger partial charge in [0.05, 0.1) is 0 Å². The Morgan fingerprint density at radius 2 is 0.700 bits per heavy atom. The second-order valence-corrected chi connectivity index (χ2v) is 0.671. The van der Waals surface area contributed by atoms with Gasteiger partial charge in [0.1, 0.15) is 0 Å². The van der Waals surface area contributed by atoms with Crippen LogP contribution in [0.25, 0.3) is 0 Å². The van der Waals surface area contributed by atoms with E-state index < -0.39 is 0 Å². The van der Waals surface area contributed by atoms with Crippen LogP contribution in [0, 0.1) is 20.8 Å². The first kappa shape index (κ1) is 22.4. The summed E-state index contributed by atoms with van der Waals surface area (Å²) in [5.41, 5.74) is 0. The average molecular weight is 183 g/mol. The van der Waals surface area contributed by atoms with Crippen molar-refractivity contribution in [2.75, 3.05) is 19.8 Å². The van der Waals surface area contributed by atoms with Gasteiger partial charge in [0.15, 0.2) is 0 Å². The van der Waals surface area contributed by atoms with Gasteiger partial charge >= 0.3 is 21.7 Å². The van der Waals surface area contributed by atoms with Crippen LogP contribution in [0.1, 0.15) is 0 Å². The maximum absolute atomic E-state index is 7.46. The molecule has 0 atom stereocenters. The van der Waals surface area contributed by atoms with E-state index in [2.05, 4.69) is 20.8 Å². The second-order valence-electron chi connectivity index (χ2n) is 0.671. The van der Waals surface area contributed by atoms with Gasteiger partial charge in [-0.15, -0.1) is 0 Å². The minimum atomic E-state index is 0. The summed E-state index contributed by atoms with van der Waals surface area (Å²) in [6, 6.07) is 0. The van der Waals surface area contributed by atoms with Crippen molar-refractivity contribution in [3.05, 3.63) is 20.8 Å². The van der Waals surface area contributed by atoms with E-state index in [0.29, 0.717) is 0 Å². The largest absolute Gasteiger partial charge is 3.00 e. The Morgan fingerprint density at radius 3 is 0.700 bits per heavy atom. The minimum absolute atomic E-state index is 0. The molecule has 0 saturated carbocycles. The monoisotopic (exact) mass is 183 g/mol. The molecule has 0 heterocycles. The third-order valence-corrected chi connectivity index (χ3v) is 0. The molecule has 0 aromatic rings. The van der Waals surface area contributed by atoms with Crippen molar-refractivity contribution in [3.63, 3.8) is 0 Å². The van der Waals surface area contributed by atoms with Gasteiger partial charge < -0.3 is 36.1 Å². The molecule has 0 spiro atoms. The maximum Gasteiger partial charge on any atom is 3.00 e. The molecule has 3 N–H and O–H groups in total. The fourth-order valence-electron chi connectivity index (χ4n) is 0. The zero-order valence-electron chi connectivity index (χ0n) is 6.08. The third kappa shape index (κ3) is 1400. The number of rotatable bonds is 0. The van der Waals surface area contributed by atoms with E-state index >= 15 is 0 Å². The van der Waals surface area contributed by atoms with E-state index in [9.17, 15) is 0 Å². The fraction of sp³-hybridized carbons (Fsp3) is 0.500. The molecule has 0 saturated heterocycles. The molecule has 0 aliphatic carbocycles. The van der Waals surface area contributed by atoms with E-state index in [4.69, 9.17) is 15.3 Å². The molecule has 0 amide bonds. The normalized spacial score (nSPS) is 5.40. The Hall–Kier alpha value is 0.594. The Kier molecular flexibility index (Phi) is 123. The van der Waals surface area contributed by atoms with E-state index in [0.717, 1.165) is 0 Å². The molecule has 0 rings (SSSR count). The smallest absolute Gasteiger partial charge is 0.428 e. The van der Waals surface area contributed by atoms with Gasteiger partial charge in [-0.1, -0.05) is 19.8 Å². The first-order valence-electron chi connectivity index (χ1n) is 2.45. The van der Waals surface area contributed by atoms with Crippen LogP contribution in [0.5, 0.6) is 0 Å². The van der Waals surface area contributed by atoms with Crippen molar-refractivity contribution < 1.29 is 37.0 Å². The zero-order chi connectivity index (χ0) is 8.12. The van der Waals surface area contributed by atoms with Crippen molar-refractivity contribution in [2.24, 2.45) is 0 Å². The molecule has 4 heteroatoms. The van der Waals surface area contributed by atoms with E-state index in [1.165, 1.54) is 0 Å². The van der Waals surface area contributed by atoms with E-state index in [-0.39, 0.29) is 41.5 Å². The van der Waals surface area contributed by atoms with Crippen LogP contribution in [0.3, 0.4) is 0 Å². The first-order chi connectivity index (χ1) is 4.24. The topological polar surface area (TPSA) is 60.7 Å². The quantitative estimate of drug-likeness (QED) is 0.348. The van der Waals surface area contributed by atoms with Crippen LogP contribution >= 0.6 is 0 Å². The van der Waals surface area contributed by atoms with Crippen LogP contribution < -0.4 is 0 Å². The summed E-state index contributed by atoms with van der Waals surface area (Å²) >= 11 is 0. The number of aliphatic hydroxyl groups excluding tert-OH is 3. The van der Waals surface area contributed by atoms with Crippen LogP contribution in [0.15, 0.2) is 0 Å². The van der Waals surface area contributed by atoms with Crippen molar-refractivity contribution >= 4 is 0 Å². The van der Waals surface area contributed by atoms with Crippen LogP contribution in [-0.2, 0) is 21.7 Å². The van der Waals surface area contributed by atoms with Crippen molar-refractivity contribution in [3.8, 4) is 0 Å². The van der Waals surface area contributed by atoms with Crippen molar-refractivity contribution in [1.82, 2.24) is 0 Å². The number of hydrogen-bond donors (Lipinski definition) is 3. The molecule has 0 bridgehead atoms. The Bertz CT molecular complexity index is 17.7. The average Bonchev–Trinajstić information content (AvgIpc) is 1.70. The molecular formula is C6H15O3Ti. The van der Waals surface area contributed by atoms with Gasteiger partial charge in [-0.25, -0.2) is 0 Å². The van der Waals surface area contributed by atoms with Gasteiger partial charge in [-0.3, -0.25) is 0 Å². The molecule has 0 aliphatic heterocycles. The fourth-order valence-corrected chi connectivity index (χ4v) is 0. The van der Waals surface area contributed by atoms with Gasteiger partial charge in [0.25, 0.3) is 0 Å². The summed E-state index contributed by atoms with van der Waals surface area (Å²) in [6.45, 7) is 9.12. The SMILES string of the molecule is [CH2-]CO.[CH2-]CO.[CH2-]CO.[Ti+3]. The predicted octanol–water partition coefficient (Wildman–Crippen LogP) is -0.564.